The van der Waals surface area contributed by atoms with Crippen LogP contribution in [0, 0.1) is 0 Å². The van der Waals surface area contributed by atoms with E-state index in [1.807, 2.05) is 11.3 Å². The lowest BCUT2D eigenvalue weighted by atomic mass is 9.97. The Kier molecular flexibility index (Phi) is 9.11. The second-order valence-electron chi connectivity index (χ2n) is 15.3. The van der Waals surface area contributed by atoms with Crippen molar-refractivity contribution in [1.29, 1.82) is 0 Å². The molecule has 0 fully saturated rings. The molecule has 0 bridgehead atoms. The molecule has 0 atom stereocenters. The number of thiophene rings is 1. The standard InChI is InChI=1S/C58H39NS/c1-2-12-40(13-3-1)42-26-28-43(29-27-42)44-32-34-51(35-33-44)59(53-21-10-18-48(39-53)49-31-30-41-14-4-5-15-45(41)36-49)52-20-9-17-47(38-52)46-16-8-19-50(37-46)54-23-11-24-56-55-22-6-7-25-57(55)60-58(54)56/h1-39H. The van der Waals surface area contributed by atoms with Crippen molar-refractivity contribution in [1.82, 2.24) is 0 Å². The summed E-state index contributed by atoms with van der Waals surface area (Å²) in [5, 5.41) is 5.12. The van der Waals surface area contributed by atoms with E-state index in [4.69, 9.17) is 0 Å². The fourth-order valence-electron chi connectivity index (χ4n) is 8.59. The van der Waals surface area contributed by atoms with Crippen molar-refractivity contribution >= 4 is 59.3 Å². The molecule has 2 heteroatoms. The summed E-state index contributed by atoms with van der Waals surface area (Å²) < 4.78 is 2.65. The molecule has 282 valence electrons. The van der Waals surface area contributed by atoms with Crippen LogP contribution in [-0.2, 0) is 0 Å². The SMILES string of the molecule is c1ccc(-c2ccc(-c3ccc(N(c4cccc(-c5cccc(-c6cccc7c6sc6ccccc67)c5)c4)c4cccc(-c5ccc6ccccc6c5)c4)cc3)cc2)cc1. The number of hydrogen-bond donors (Lipinski definition) is 0. The molecule has 1 heterocycles. The Morgan fingerprint density at radius 2 is 0.750 bits per heavy atom. The highest BCUT2D eigenvalue weighted by molar-refractivity contribution is 7.26. The first kappa shape index (κ1) is 35.6. The number of hydrogen-bond acceptors (Lipinski definition) is 2. The van der Waals surface area contributed by atoms with E-state index in [1.165, 1.54) is 86.6 Å². The average molecular weight is 782 g/mol. The number of anilines is 3. The Morgan fingerprint density at radius 1 is 0.267 bits per heavy atom. The zero-order valence-electron chi connectivity index (χ0n) is 32.9. The first-order chi connectivity index (χ1) is 29.7. The fourth-order valence-corrected chi connectivity index (χ4v) is 9.83. The summed E-state index contributed by atoms with van der Waals surface area (Å²) in [5.41, 5.74) is 15.3. The smallest absolute Gasteiger partial charge is 0.0467 e. The van der Waals surface area contributed by atoms with Crippen LogP contribution in [-0.4, -0.2) is 0 Å². The van der Waals surface area contributed by atoms with Gasteiger partial charge in [-0.15, -0.1) is 11.3 Å². The molecule has 0 radical (unpaired) electrons. The van der Waals surface area contributed by atoms with E-state index >= 15 is 0 Å². The normalized spacial score (nSPS) is 11.3. The number of fused-ring (bicyclic) bond motifs is 4. The van der Waals surface area contributed by atoms with Crippen molar-refractivity contribution < 1.29 is 0 Å². The van der Waals surface area contributed by atoms with E-state index in [2.05, 4.69) is 241 Å². The van der Waals surface area contributed by atoms with Crippen LogP contribution in [0.15, 0.2) is 237 Å². The van der Waals surface area contributed by atoms with Gasteiger partial charge in [0.25, 0.3) is 0 Å². The van der Waals surface area contributed by atoms with Gasteiger partial charge in [-0.2, -0.15) is 0 Å². The van der Waals surface area contributed by atoms with Crippen LogP contribution in [0.1, 0.15) is 0 Å². The van der Waals surface area contributed by atoms with Gasteiger partial charge >= 0.3 is 0 Å². The van der Waals surface area contributed by atoms with Crippen molar-refractivity contribution in [2.75, 3.05) is 4.90 Å². The van der Waals surface area contributed by atoms with Gasteiger partial charge in [-0.1, -0.05) is 182 Å². The van der Waals surface area contributed by atoms with Crippen molar-refractivity contribution in [3.8, 4) is 55.6 Å². The molecule has 0 amide bonds. The first-order valence-electron chi connectivity index (χ1n) is 20.5. The number of nitrogens with zero attached hydrogens (tertiary/aromatic N) is 1. The predicted octanol–water partition coefficient (Wildman–Crippen LogP) is 17.0. The van der Waals surface area contributed by atoms with Crippen LogP contribution in [0.2, 0.25) is 0 Å². The van der Waals surface area contributed by atoms with Gasteiger partial charge < -0.3 is 4.90 Å². The lowest BCUT2D eigenvalue weighted by Crippen LogP contribution is -2.10. The van der Waals surface area contributed by atoms with Gasteiger partial charge in [-0.3, -0.25) is 0 Å². The van der Waals surface area contributed by atoms with Crippen molar-refractivity contribution in [2.24, 2.45) is 0 Å². The molecule has 0 N–H and O–H groups in total. The van der Waals surface area contributed by atoms with Crippen LogP contribution in [0.4, 0.5) is 17.1 Å². The molecule has 0 saturated heterocycles. The van der Waals surface area contributed by atoms with E-state index in [9.17, 15) is 0 Å². The molecular weight excluding hydrogens is 743 g/mol. The Morgan fingerprint density at radius 3 is 1.47 bits per heavy atom. The van der Waals surface area contributed by atoms with Crippen LogP contribution in [0.3, 0.4) is 0 Å². The molecule has 60 heavy (non-hydrogen) atoms. The third-order valence-corrected chi connectivity index (χ3v) is 12.9. The molecule has 0 aliphatic rings. The van der Waals surface area contributed by atoms with Crippen LogP contribution in [0.5, 0.6) is 0 Å². The maximum atomic E-state index is 2.39. The molecule has 11 rings (SSSR count). The zero-order chi connectivity index (χ0) is 39.8. The molecule has 0 aliphatic heterocycles. The molecule has 11 aromatic rings. The quantitative estimate of drug-likeness (QED) is 0.148. The molecule has 10 aromatic carbocycles. The topological polar surface area (TPSA) is 3.24 Å². The molecular formula is C58H39NS. The van der Waals surface area contributed by atoms with Crippen LogP contribution < -0.4 is 4.90 Å². The third kappa shape index (κ3) is 6.73. The summed E-state index contributed by atoms with van der Waals surface area (Å²) in [4.78, 5) is 2.39. The molecule has 1 aromatic heterocycles. The van der Waals surface area contributed by atoms with Gasteiger partial charge in [0.15, 0.2) is 0 Å². The Balaban J connectivity index is 0.987. The van der Waals surface area contributed by atoms with Gasteiger partial charge in [0.05, 0.1) is 0 Å². The Hall–Kier alpha value is -7.52. The van der Waals surface area contributed by atoms with Crippen molar-refractivity contribution in [3.63, 3.8) is 0 Å². The second kappa shape index (κ2) is 15.3. The lowest BCUT2D eigenvalue weighted by Gasteiger charge is -2.27. The van der Waals surface area contributed by atoms with E-state index in [0.29, 0.717) is 0 Å². The first-order valence-corrected chi connectivity index (χ1v) is 21.3. The molecule has 0 spiro atoms. The summed E-state index contributed by atoms with van der Waals surface area (Å²) in [6, 6.07) is 86.1. The van der Waals surface area contributed by atoms with Gasteiger partial charge in [-0.05, 0) is 121 Å². The second-order valence-corrected chi connectivity index (χ2v) is 16.4. The van der Waals surface area contributed by atoms with E-state index in [-0.39, 0.29) is 0 Å². The Bertz CT molecular complexity index is 3310. The highest BCUT2D eigenvalue weighted by atomic mass is 32.1. The summed E-state index contributed by atoms with van der Waals surface area (Å²) in [6.07, 6.45) is 0. The molecule has 0 aliphatic carbocycles. The number of rotatable bonds is 8. The molecule has 0 unspecified atom stereocenters. The van der Waals surface area contributed by atoms with Gasteiger partial charge in [-0.25, -0.2) is 0 Å². The summed E-state index contributed by atoms with van der Waals surface area (Å²) in [7, 11) is 0. The maximum absolute atomic E-state index is 2.39. The minimum atomic E-state index is 1.10. The minimum Gasteiger partial charge on any atom is -0.310 e. The van der Waals surface area contributed by atoms with E-state index in [1.54, 1.807) is 0 Å². The van der Waals surface area contributed by atoms with Gasteiger partial charge in [0.1, 0.15) is 0 Å². The van der Waals surface area contributed by atoms with E-state index < -0.39 is 0 Å². The monoisotopic (exact) mass is 781 g/mol. The average Bonchev–Trinajstić information content (AvgIpc) is 3.71. The molecule has 1 nitrogen and oxygen atoms in total. The predicted molar refractivity (Wildman–Crippen MR) is 259 cm³/mol. The number of benzene rings is 10. The maximum Gasteiger partial charge on any atom is 0.0467 e. The summed E-state index contributed by atoms with van der Waals surface area (Å²) in [6.45, 7) is 0. The highest BCUT2D eigenvalue weighted by Gasteiger charge is 2.16. The third-order valence-electron chi connectivity index (χ3n) is 11.7. The zero-order valence-corrected chi connectivity index (χ0v) is 33.7. The van der Waals surface area contributed by atoms with E-state index in [0.717, 1.165) is 17.1 Å². The van der Waals surface area contributed by atoms with Crippen LogP contribution >= 0.6 is 11.3 Å². The summed E-state index contributed by atoms with van der Waals surface area (Å²) >= 11 is 1.88. The van der Waals surface area contributed by atoms with Crippen molar-refractivity contribution in [2.45, 2.75) is 0 Å². The summed E-state index contributed by atoms with van der Waals surface area (Å²) in [5.74, 6) is 0. The lowest BCUT2D eigenvalue weighted by molar-refractivity contribution is 1.28. The largest absolute Gasteiger partial charge is 0.310 e. The molecule has 0 saturated carbocycles. The minimum absolute atomic E-state index is 1.10. The van der Waals surface area contributed by atoms with Crippen LogP contribution in [0.25, 0.3) is 86.6 Å². The highest BCUT2D eigenvalue weighted by Crippen LogP contribution is 2.42. The van der Waals surface area contributed by atoms with Gasteiger partial charge in [0, 0.05) is 37.2 Å². The van der Waals surface area contributed by atoms with Crippen molar-refractivity contribution in [3.05, 3.63) is 237 Å². The van der Waals surface area contributed by atoms with Gasteiger partial charge in [0.2, 0.25) is 0 Å². The Labute approximate surface area is 354 Å². The fraction of sp³-hybridized carbons (Fsp3) is 0.